The summed E-state index contributed by atoms with van der Waals surface area (Å²) in [5.74, 6) is 0.606. The van der Waals surface area contributed by atoms with Crippen LogP contribution >= 0.6 is 0 Å². The van der Waals surface area contributed by atoms with E-state index in [-0.39, 0.29) is 6.04 Å². The van der Waals surface area contributed by atoms with Gasteiger partial charge in [-0.3, -0.25) is 4.90 Å². The summed E-state index contributed by atoms with van der Waals surface area (Å²) >= 11 is 0. The average molecular weight is 288 g/mol. The number of nitrogens with one attached hydrogen (secondary N) is 2. The quantitative estimate of drug-likeness (QED) is 0.696. The van der Waals surface area contributed by atoms with Gasteiger partial charge in [0.1, 0.15) is 0 Å². The molecule has 1 saturated carbocycles. The Morgan fingerprint density at radius 2 is 2.00 bits per heavy atom. The molecule has 110 valence electrons. The van der Waals surface area contributed by atoms with Crippen LogP contribution in [-0.4, -0.2) is 69.5 Å². The summed E-state index contributed by atoms with van der Waals surface area (Å²) in [5.41, 5.74) is 0. The Bertz CT molecular complexity index is 408. The minimum Gasteiger partial charge on any atom is -0.314 e. The molecular weight excluding hydrogens is 264 g/mol. The summed E-state index contributed by atoms with van der Waals surface area (Å²) in [4.78, 5) is 2.30. The fourth-order valence-corrected chi connectivity index (χ4v) is 5.03. The molecule has 2 unspecified atom stereocenters. The summed E-state index contributed by atoms with van der Waals surface area (Å²) in [5, 5.41) is 3.30. The van der Waals surface area contributed by atoms with Crippen molar-refractivity contribution in [2.45, 2.75) is 25.3 Å². The Labute approximate surface area is 115 Å². The Hall–Kier alpha value is -0.210. The van der Waals surface area contributed by atoms with E-state index in [1.54, 1.807) is 4.31 Å². The van der Waals surface area contributed by atoms with Crippen LogP contribution in [0.3, 0.4) is 0 Å². The zero-order valence-corrected chi connectivity index (χ0v) is 12.2. The highest BCUT2D eigenvalue weighted by molar-refractivity contribution is 7.87. The van der Waals surface area contributed by atoms with E-state index in [4.69, 9.17) is 0 Å². The van der Waals surface area contributed by atoms with Gasteiger partial charge in [-0.2, -0.15) is 12.7 Å². The molecule has 2 heterocycles. The number of rotatable bonds is 5. The molecule has 0 spiro atoms. The van der Waals surface area contributed by atoms with Gasteiger partial charge in [-0.1, -0.05) is 0 Å². The van der Waals surface area contributed by atoms with E-state index >= 15 is 0 Å². The van der Waals surface area contributed by atoms with Gasteiger partial charge in [0.25, 0.3) is 10.2 Å². The van der Waals surface area contributed by atoms with Crippen molar-refractivity contribution >= 4 is 10.2 Å². The molecule has 3 rings (SSSR count). The lowest BCUT2D eigenvalue weighted by Gasteiger charge is -2.29. The number of fused-ring (bicyclic) bond motifs is 2. The van der Waals surface area contributed by atoms with Gasteiger partial charge < -0.3 is 5.32 Å². The molecule has 0 amide bonds. The molecule has 2 aliphatic heterocycles. The molecule has 0 aromatic rings. The predicted octanol–water partition coefficient (Wildman–Crippen LogP) is -0.790. The number of hydrogen-bond donors (Lipinski definition) is 2. The third kappa shape index (κ3) is 3.11. The first-order valence-corrected chi connectivity index (χ1v) is 8.79. The van der Waals surface area contributed by atoms with Crippen LogP contribution in [0.4, 0.5) is 0 Å². The SMILES string of the molecule is O=S(=O)(NCCN1CCNCC1)N1CC2CCC1C2. The molecule has 2 N–H and O–H groups in total. The molecule has 0 aromatic heterocycles. The second-order valence-electron chi connectivity index (χ2n) is 5.89. The normalized spacial score (nSPS) is 33.1. The van der Waals surface area contributed by atoms with Crippen LogP contribution < -0.4 is 10.0 Å². The van der Waals surface area contributed by atoms with E-state index in [2.05, 4.69) is 14.9 Å². The van der Waals surface area contributed by atoms with Gasteiger partial charge >= 0.3 is 0 Å². The van der Waals surface area contributed by atoms with E-state index in [0.717, 1.165) is 52.1 Å². The number of hydrogen-bond acceptors (Lipinski definition) is 4. The third-order valence-corrected chi connectivity index (χ3v) is 6.22. The highest BCUT2D eigenvalue weighted by Gasteiger charge is 2.43. The molecule has 0 aromatic carbocycles. The topological polar surface area (TPSA) is 64.7 Å². The molecule has 19 heavy (non-hydrogen) atoms. The molecule has 3 fully saturated rings. The molecule has 2 bridgehead atoms. The van der Waals surface area contributed by atoms with Crippen LogP contribution in [0.2, 0.25) is 0 Å². The van der Waals surface area contributed by atoms with E-state index < -0.39 is 10.2 Å². The lowest BCUT2D eigenvalue weighted by Crippen LogP contribution is -2.49. The fourth-order valence-electron chi connectivity index (χ4n) is 3.52. The monoisotopic (exact) mass is 288 g/mol. The second kappa shape index (κ2) is 5.65. The van der Waals surface area contributed by atoms with Crippen molar-refractivity contribution < 1.29 is 8.42 Å². The van der Waals surface area contributed by atoms with Gasteiger partial charge in [0.05, 0.1) is 0 Å². The minimum absolute atomic E-state index is 0.265. The standard InChI is InChI=1S/C12H24N4O2S/c17-19(18,16-10-11-1-2-12(16)9-11)14-5-8-15-6-3-13-4-7-15/h11-14H,1-10H2. The maximum absolute atomic E-state index is 12.2. The second-order valence-corrected chi connectivity index (χ2v) is 7.60. The molecule has 0 radical (unpaired) electrons. The predicted molar refractivity (Wildman–Crippen MR) is 74.1 cm³/mol. The summed E-state index contributed by atoms with van der Waals surface area (Å²) in [6, 6.07) is 0.265. The van der Waals surface area contributed by atoms with Gasteiger partial charge in [0.2, 0.25) is 0 Å². The van der Waals surface area contributed by atoms with Crippen molar-refractivity contribution in [1.29, 1.82) is 0 Å². The van der Waals surface area contributed by atoms with Crippen LogP contribution in [-0.2, 0) is 10.2 Å². The van der Waals surface area contributed by atoms with Crippen LogP contribution in [0.5, 0.6) is 0 Å². The average Bonchev–Trinajstić information content (AvgIpc) is 3.02. The van der Waals surface area contributed by atoms with Crippen molar-refractivity contribution in [3.63, 3.8) is 0 Å². The maximum atomic E-state index is 12.2. The summed E-state index contributed by atoms with van der Waals surface area (Å²) in [6.45, 7) is 6.09. The Morgan fingerprint density at radius 3 is 2.63 bits per heavy atom. The first kappa shape index (κ1) is 13.8. The Kier molecular flexibility index (Phi) is 4.09. The van der Waals surface area contributed by atoms with Gasteiger partial charge in [0.15, 0.2) is 0 Å². The summed E-state index contributed by atoms with van der Waals surface area (Å²) < 4.78 is 29.0. The fraction of sp³-hybridized carbons (Fsp3) is 1.00. The lowest BCUT2D eigenvalue weighted by atomic mass is 10.1. The molecule has 6 nitrogen and oxygen atoms in total. The zero-order valence-electron chi connectivity index (χ0n) is 11.3. The summed E-state index contributed by atoms with van der Waals surface area (Å²) in [6.07, 6.45) is 3.32. The maximum Gasteiger partial charge on any atom is 0.279 e. The van der Waals surface area contributed by atoms with Crippen molar-refractivity contribution in [1.82, 2.24) is 19.2 Å². The minimum atomic E-state index is -3.25. The van der Waals surface area contributed by atoms with Crippen LogP contribution in [0.1, 0.15) is 19.3 Å². The first-order valence-electron chi connectivity index (χ1n) is 7.35. The van der Waals surface area contributed by atoms with Gasteiger partial charge in [-0.25, -0.2) is 4.72 Å². The smallest absolute Gasteiger partial charge is 0.279 e. The van der Waals surface area contributed by atoms with Gasteiger partial charge in [-0.05, 0) is 25.2 Å². The van der Waals surface area contributed by atoms with E-state index in [9.17, 15) is 8.42 Å². The Morgan fingerprint density at radius 1 is 1.21 bits per heavy atom. The van der Waals surface area contributed by atoms with Crippen molar-refractivity contribution in [3.05, 3.63) is 0 Å². The largest absolute Gasteiger partial charge is 0.314 e. The molecular formula is C12H24N4O2S. The molecule has 2 saturated heterocycles. The summed E-state index contributed by atoms with van der Waals surface area (Å²) in [7, 11) is -3.25. The molecule has 1 aliphatic carbocycles. The van der Waals surface area contributed by atoms with Crippen molar-refractivity contribution in [2.24, 2.45) is 5.92 Å². The van der Waals surface area contributed by atoms with Crippen molar-refractivity contribution in [3.8, 4) is 0 Å². The number of piperidine rings is 1. The molecule has 7 heteroatoms. The highest BCUT2D eigenvalue weighted by Crippen LogP contribution is 2.38. The lowest BCUT2D eigenvalue weighted by molar-refractivity contribution is 0.244. The van der Waals surface area contributed by atoms with E-state index in [1.807, 2.05) is 0 Å². The first-order chi connectivity index (χ1) is 9.15. The van der Waals surface area contributed by atoms with Gasteiger partial charge in [0, 0.05) is 51.9 Å². The molecule has 2 atom stereocenters. The van der Waals surface area contributed by atoms with Crippen molar-refractivity contribution in [2.75, 3.05) is 45.8 Å². The molecule has 3 aliphatic rings. The van der Waals surface area contributed by atoms with Crippen LogP contribution in [0.25, 0.3) is 0 Å². The highest BCUT2D eigenvalue weighted by atomic mass is 32.2. The number of piperazine rings is 1. The Balaban J connectivity index is 1.46. The zero-order chi connectivity index (χ0) is 13.3. The van der Waals surface area contributed by atoms with Gasteiger partial charge in [-0.15, -0.1) is 0 Å². The third-order valence-electron chi connectivity index (χ3n) is 4.59. The van der Waals surface area contributed by atoms with Crippen LogP contribution in [0.15, 0.2) is 0 Å². The number of nitrogens with zero attached hydrogens (tertiary/aromatic N) is 2. The van der Waals surface area contributed by atoms with E-state index in [0.29, 0.717) is 12.5 Å². The van der Waals surface area contributed by atoms with E-state index in [1.165, 1.54) is 6.42 Å². The van der Waals surface area contributed by atoms with Crippen LogP contribution in [0, 0.1) is 5.92 Å².